The second-order valence-corrected chi connectivity index (χ2v) is 6.01. The van der Waals surface area contributed by atoms with Crippen LogP contribution in [-0.4, -0.2) is 17.9 Å². The number of hydrogen-bond donors (Lipinski definition) is 2. The number of benzene rings is 2. The Morgan fingerprint density at radius 1 is 1.04 bits per heavy atom. The molecule has 0 aliphatic carbocycles. The number of nitrogens with one attached hydrogen (secondary N) is 2. The second kappa shape index (κ2) is 7.73. The van der Waals surface area contributed by atoms with Gasteiger partial charge in [-0.05, 0) is 42.7 Å². The molecule has 0 aromatic heterocycles. The van der Waals surface area contributed by atoms with Crippen molar-refractivity contribution in [3.63, 3.8) is 0 Å². The minimum absolute atomic E-state index is 0.119. The topological polar surface area (TPSA) is 58.2 Å². The van der Waals surface area contributed by atoms with Gasteiger partial charge in [0.15, 0.2) is 0 Å². The molecule has 0 saturated heterocycles. The first-order valence-electron chi connectivity index (χ1n) is 7.81. The summed E-state index contributed by atoms with van der Waals surface area (Å²) in [4.78, 5) is 24.8. The predicted molar refractivity (Wildman–Crippen MR) is 92.3 cm³/mol. The molecule has 0 aliphatic heterocycles. The lowest BCUT2D eigenvalue weighted by molar-refractivity contribution is -0.118. The molecule has 0 bridgehead atoms. The third-order valence-electron chi connectivity index (χ3n) is 3.73. The molecule has 5 heteroatoms. The summed E-state index contributed by atoms with van der Waals surface area (Å²) in [5.74, 6) is -1.24. The lowest BCUT2D eigenvalue weighted by Crippen LogP contribution is -2.47. The molecular formula is C19H21FN2O2. The molecule has 126 valence electrons. The molecule has 1 atom stereocenters. The SMILES string of the molecule is Cc1ccc(F)cc1NC(=O)C(NC(=O)c1ccccc1)C(C)C. The lowest BCUT2D eigenvalue weighted by Gasteiger charge is -2.22. The van der Waals surface area contributed by atoms with Gasteiger partial charge in [0.05, 0.1) is 0 Å². The molecule has 2 amide bonds. The number of anilines is 1. The van der Waals surface area contributed by atoms with Gasteiger partial charge in [0.1, 0.15) is 11.9 Å². The molecule has 2 aromatic carbocycles. The van der Waals surface area contributed by atoms with Crippen LogP contribution in [0.15, 0.2) is 48.5 Å². The third-order valence-corrected chi connectivity index (χ3v) is 3.73. The number of aryl methyl sites for hydroxylation is 1. The molecule has 0 fully saturated rings. The number of halogens is 1. The molecule has 0 spiro atoms. The van der Waals surface area contributed by atoms with Crippen molar-refractivity contribution >= 4 is 17.5 Å². The van der Waals surface area contributed by atoms with Gasteiger partial charge >= 0.3 is 0 Å². The highest BCUT2D eigenvalue weighted by molar-refractivity contribution is 6.01. The minimum atomic E-state index is -0.722. The zero-order chi connectivity index (χ0) is 17.7. The van der Waals surface area contributed by atoms with Crippen LogP contribution in [0.1, 0.15) is 29.8 Å². The van der Waals surface area contributed by atoms with Crippen molar-refractivity contribution in [1.29, 1.82) is 0 Å². The first-order chi connectivity index (χ1) is 11.4. The van der Waals surface area contributed by atoms with E-state index in [1.807, 2.05) is 19.9 Å². The molecule has 0 radical (unpaired) electrons. The van der Waals surface area contributed by atoms with E-state index in [2.05, 4.69) is 10.6 Å². The third kappa shape index (κ3) is 4.41. The molecule has 2 rings (SSSR count). The van der Waals surface area contributed by atoms with Gasteiger partial charge in [-0.1, -0.05) is 38.1 Å². The van der Waals surface area contributed by atoms with Crippen LogP contribution in [0.4, 0.5) is 10.1 Å². The van der Waals surface area contributed by atoms with E-state index >= 15 is 0 Å². The van der Waals surface area contributed by atoms with Gasteiger partial charge in [-0.25, -0.2) is 4.39 Å². The highest BCUT2D eigenvalue weighted by Gasteiger charge is 2.25. The van der Waals surface area contributed by atoms with Crippen LogP contribution in [0, 0.1) is 18.7 Å². The summed E-state index contributed by atoms with van der Waals surface area (Å²) in [6.45, 7) is 5.46. The highest BCUT2D eigenvalue weighted by atomic mass is 19.1. The molecule has 0 saturated carbocycles. The zero-order valence-electron chi connectivity index (χ0n) is 14.0. The van der Waals surface area contributed by atoms with Crippen molar-refractivity contribution in [3.8, 4) is 0 Å². The number of rotatable bonds is 5. The van der Waals surface area contributed by atoms with Gasteiger partial charge in [-0.2, -0.15) is 0 Å². The maximum atomic E-state index is 13.4. The average molecular weight is 328 g/mol. The molecule has 1 unspecified atom stereocenters. The summed E-state index contributed by atoms with van der Waals surface area (Å²) in [6.07, 6.45) is 0. The number of hydrogen-bond acceptors (Lipinski definition) is 2. The summed E-state index contributed by atoms with van der Waals surface area (Å²) in [5, 5.41) is 5.44. The highest BCUT2D eigenvalue weighted by Crippen LogP contribution is 2.17. The van der Waals surface area contributed by atoms with E-state index in [-0.39, 0.29) is 17.7 Å². The van der Waals surface area contributed by atoms with E-state index in [4.69, 9.17) is 0 Å². The largest absolute Gasteiger partial charge is 0.340 e. The van der Waals surface area contributed by atoms with Gasteiger partial charge in [-0.15, -0.1) is 0 Å². The van der Waals surface area contributed by atoms with E-state index < -0.39 is 11.9 Å². The van der Waals surface area contributed by atoms with Crippen molar-refractivity contribution < 1.29 is 14.0 Å². The summed E-state index contributed by atoms with van der Waals surface area (Å²) >= 11 is 0. The fourth-order valence-electron chi connectivity index (χ4n) is 2.29. The minimum Gasteiger partial charge on any atom is -0.340 e. The number of carbonyl (C=O) groups excluding carboxylic acids is 2. The average Bonchev–Trinajstić information content (AvgIpc) is 2.56. The monoisotopic (exact) mass is 328 g/mol. The quantitative estimate of drug-likeness (QED) is 0.882. The molecule has 24 heavy (non-hydrogen) atoms. The summed E-state index contributed by atoms with van der Waals surface area (Å²) in [7, 11) is 0. The Kier molecular flexibility index (Phi) is 5.68. The van der Waals surface area contributed by atoms with Gasteiger partial charge < -0.3 is 10.6 Å². The maximum absolute atomic E-state index is 13.4. The van der Waals surface area contributed by atoms with E-state index in [0.717, 1.165) is 5.56 Å². The Hall–Kier alpha value is -2.69. The van der Waals surface area contributed by atoms with Gasteiger partial charge in [0.25, 0.3) is 5.91 Å². The fraction of sp³-hybridized carbons (Fsp3) is 0.263. The molecular weight excluding hydrogens is 307 g/mol. The molecule has 4 nitrogen and oxygen atoms in total. The van der Waals surface area contributed by atoms with E-state index in [0.29, 0.717) is 11.3 Å². The Labute approximate surface area is 141 Å². The fourth-order valence-corrected chi connectivity index (χ4v) is 2.29. The molecule has 0 aliphatic rings. The van der Waals surface area contributed by atoms with E-state index in [1.54, 1.807) is 37.3 Å². The summed E-state index contributed by atoms with van der Waals surface area (Å²) in [5.41, 5.74) is 1.64. The first-order valence-corrected chi connectivity index (χ1v) is 7.81. The smallest absolute Gasteiger partial charge is 0.251 e. The molecule has 0 heterocycles. The summed E-state index contributed by atoms with van der Waals surface area (Å²) < 4.78 is 13.4. The van der Waals surface area contributed by atoms with Crippen LogP contribution in [0.2, 0.25) is 0 Å². The zero-order valence-corrected chi connectivity index (χ0v) is 14.0. The van der Waals surface area contributed by atoms with Crippen molar-refractivity contribution in [2.75, 3.05) is 5.32 Å². The first kappa shape index (κ1) is 17.7. The standard InChI is InChI=1S/C19H21FN2O2/c1-12(2)17(22-18(23)14-7-5-4-6-8-14)19(24)21-16-11-15(20)10-9-13(16)3/h4-12,17H,1-3H3,(H,21,24)(H,22,23). The van der Waals surface area contributed by atoms with Crippen molar-refractivity contribution in [2.45, 2.75) is 26.8 Å². The number of amides is 2. The lowest BCUT2D eigenvalue weighted by atomic mass is 10.0. The maximum Gasteiger partial charge on any atom is 0.251 e. The van der Waals surface area contributed by atoms with E-state index in [1.165, 1.54) is 12.1 Å². The van der Waals surface area contributed by atoms with Crippen molar-refractivity contribution in [2.24, 2.45) is 5.92 Å². The normalized spacial score (nSPS) is 11.9. The summed E-state index contributed by atoms with van der Waals surface area (Å²) in [6, 6.07) is 12.2. The molecule has 2 aromatic rings. The van der Waals surface area contributed by atoms with Crippen LogP contribution < -0.4 is 10.6 Å². The van der Waals surface area contributed by atoms with Crippen LogP contribution in [0.25, 0.3) is 0 Å². The van der Waals surface area contributed by atoms with Crippen LogP contribution in [0.3, 0.4) is 0 Å². The van der Waals surface area contributed by atoms with Gasteiger partial charge in [-0.3, -0.25) is 9.59 Å². The van der Waals surface area contributed by atoms with Crippen molar-refractivity contribution in [3.05, 3.63) is 65.5 Å². The molecule has 2 N–H and O–H groups in total. The van der Waals surface area contributed by atoms with Crippen molar-refractivity contribution in [1.82, 2.24) is 5.32 Å². The van der Waals surface area contributed by atoms with Crippen LogP contribution in [-0.2, 0) is 4.79 Å². The Bertz CT molecular complexity index is 729. The van der Waals surface area contributed by atoms with Gasteiger partial charge in [0.2, 0.25) is 5.91 Å². The Balaban J connectivity index is 2.13. The number of carbonyl (C=O) groups is 2. The van der Waals surface area contributed by atoms with Crippen LogP contribution in [0.5, 0.6) is 0 Å². The van der Waals surface area contributed by atoms with Crippen LogP contribution >= 0.6 is 0 Å². The van der Waals surface area contributed by atoms with Gasteiger partial charge in [0, 0.05) is 11.3 Å². The Morgan fingerprint density at radius 2 is 1.71 bits per heavy atom. The second-order valence-electron chi connectivity index (χ2n) is 6.01. The Morgan fingerprint density at radius 3 is 2.33 bits per heavy atom. The predicted octanol–water partition coefficient (Wildman–Crippen LogP) is 3.53. The van der Waals surface area contributed by atoms with E-state index in [9.17, 15) is 14.0 Å².